The third-order valence-corrected chi connectivity index (χ3v) is 2.77. The zero-order valence-electron chi connectivity index (χ0n) is 6.71. The molecule has 2 N–H and O–H groups in total. The molecule has 2 aromatic rings. The highest BCUT2D eigenvalue weighted by molar-refractivity contribution is 9.10. The first-order chi connectivity index (χ1) is 5.68. The summed E-state index contributed by atoms with van der Waals surface area (Å²) >= 11 is 3.46. The summed E-state index contributed by atoms with van der Waals surface area (Å²) in [6, 6.07) is 7.97. The quantitative estimate of drug-likeness (QED) is 0.686. The SMILES string of the molecule is Cn1c(Br)cc2cc(N)ccc21. The molecule has 0 aliphatic heterocycles. The summed E-state index contributed by atoms with van der Waals surface area (Å²) in [5.74, 6) is 0. The molecule has 0 saturated carbocycles. The minimum absolute atomic E-state index is 0.806. The molecule has 0 aliphatic carbocycles. The summed E-state index contributed by atoms with van der Waals surface area (Å²) in [4.78, 5) is 0. The number of nitrogens with zero attached hydrogens (tertiary/aromatic N) is 1. The maximum absolute atomic E-state index is 5.66. The molecular formula is C9H9BrN2. The fourth-order valence-electron chi connectivity index (χ4n) is 1.33. The number of hydrogen-bond acceptors (Lipinski definition) is 1. The van der Waals surface area contributed by atoms with Crippen molar-refractivity contribution in [2.75, 3.05) is 5.73 Å². The number of nitrogens with two attached hydrogens (primary N) is 1. The molecule has 0 atom stereocenters. The number of rotatable bonds is 0. The number of aryl methyl sites for hydroxylation is 1. The van der Waals surface area contributed by atoms with Gasteiger partial charge in [-0.05, 0) is 40.2 Å². The van der Waals surface area contributed by atoms with E-state index in [2.05, 4.69) is 26.6 Å². The van der Waals surface area contributed by atoms with Crippen LogP contribution in [0.3, 0.4) is 0 Å². The number of aromatic nitrogens is 1. The van der Waals surface area contributed by atoms with Crippen LogP contribution in [0.1, 0.15) is 0 Å². The smallest absolute Gasteiger partial charge is 0.0854 e. The van der Waals surface area contributed by atoms with Crippen molar-refractivity contribution in [3.05, 3.63) is 28.9 Å². The van der Waals surface area contributed by atoms with Gasteiger partial charge >= 0.3 is 0 Å². The van der Waals surface area contributed by atoms with E-state index in [1.165, 1.54) is 10.9 Å². The molecule has 0 bridgehead atoms. The van der Waals surface area contributed by atoms with Crippen LogP contribution in [0.25, 0.3) is 10.9 Å². The minimum atomic E-state index is 0.806. The van der Waals surface area contributed by atoms with Crippen molar-refractivity contribution in [1.82, 2.24) is 4.57 Å². The van der Waals surface area contributed by atoms with Crippen molar-refractivity contribution in [2.45, 2.75) is 0 Å². The fraction of sp³-hybridized carbons (Fsp3) is 0.111. The van der Waals surface area contributed by atoms with Gasteiger partial charge in [0.15, 0.2) is 0 Å². The number of halogens is 1. The molecule has 2 nitrogen and oxygen atoms in total. The summed E-state index contributed by atoms with van der Waals surface area (Å²) in [5, 5.41) is 1.17. The van der Waals surface area contributed by atoms with Gasteiger partial charge in [-0.1, -0.05) is 0 Å². The van der Waals surface area contributed by atoms with Crippen LogP contribution in [-0.4, -0.2) is 4.57 Å². The van der Waals surface area contributed by atoms with E-state index in [1.54, 1.807) is 0 Å². The predicted molar refractivity (Wildman–Crippen MR) is 55.0 cm³/mol. The standard InChI is InChI=1S/C9H9BrN2/c1-12-8-3-2-7(11)4-6(8)5-9(12)10/h2-5H,11H2,1H3. The maximum Gasteiger partial charge on any atom is 0.0854 e. The van der Waals surface area contributed by atoms with E-state index in [0.717, 1.165) is 10.3 Å². The van der Waals surface area contributed by atoms with Crippen molar-refractivity contribution < 1.29 is 0 Å². The molecule has 3 heteroatoms. The van der Waals surface area contributed by atoms with Gasteiger partial charge in [-0.25, -0.2) is 0 Å². The third kappa shape index (κ3) is 1.01. The second-order valence-corrected chi connectivity index (χ2v) is 3.66. The Labute approximate surface area is 79.1 Å². The van der Waals surface area contributed by atoms with Gasteiger partial charge in [-0.3, -0.25) is 0 Å². The van der Waals surface area contributed by atoms with E-state index in [9.17, 15) is 0 Å². The van der Waals surface area contributed by atoms with Gasteiger partial charge in [0, 0.05) is 23.6 Å². The average molecular weight is 225 g/mol. The van der Waals surface area contributed by atoms with Crippen molar-refractivity contribution in [3.63, 3.8) is 0 Å². The van der Waals surface area contributed by atoms with E-state index in [1.807, 2.05) is 25.2 Å². The predicted octanol–water partition coefficient (Wildman–Crippen LogP) is 2.52. The minimum Gasteiger partial charge on any atom is -0.399 e. The van der Waals surface area contributed by atoms with E-state index >= 15 is 0 Å². The molecular weight excluding hydrogens is 216 g/mol. The molecule has 1 aromatic heterocycles. The zero-order chi connectivity index (χ0) is 8.72. The second kappa shape index (κ2) is 2.52. The van der Waals surface area contributed by atoms with Crippen molar-refractivity contribution >= 4 is 32.5 Å². The highest BCUT2D eigenvalue weighted by Gasteiger charge is 2.01. The molecule has 2 rings (SSSR count). The molecule has 0 fully saturated rings. The average Bonchev–Trinajstić information content (AvgIpc) is 2.28. The van der Waals surface area contributed by atoms with E-state index in [4.69, 9.17) is 5.73 Å². The lowest BCUT2D eigenvalue weighted by atomic mass is 10.2. The van der Waals surface area contributed by atoms with Crippen LogP contribution >= 0.6 is 15.9 Å². The fourth-order valence-corrected chi connectivity index (χ4v) is 1.77. The van der Waals surface area contributed by atoms with Crippen molar-refractivity contribution in [3.8, 4) is 0 Å². The number of nitrogen functional groups attached to an aromatic ring is 1. The molecule has 1 heterocycles. The lowest BCUT2D eigenvalue weighted by Gasteiger charge is -1.97. The lowest BCUT2D eigenvalue weighted by molar-refractivity contribution is 0.941. The Morgan fingerprint density at radius 1 is 1.33 bits per heavy atom. The Bertz CT molecular complexity index is 431. The number of benzene rings is 1. The van der Waals surface area contributed by atoms with Gasteiger partial charge < -0.3 is 10.3 Å². The normalized spacial score (nSPS) is 10.8. The first-order valence-electron chi connectivity index (χ1n) is 3.69. The van der Waals surface area contributed by atoms with Gasteiger partial charge in [0.1, 0.15) is 0 Å². The summed E-state index contributed by atoms with van der Waals surface area (Å²) in [6.45, 7) is 0. The largest absolute Gasteiger partial charge is 0.399 e. The van der Waals surface area contributed by atoms with E-state index in [-0.39, 0.29) is 0 Å². The number of hydrogen-bond donors (Lipinski definition) is 1. The molecule has 0 aliphatic rings. The van der Waals surface area contributed by atoms with Gasteiger partial charge in [0.25, 0.3) is 0 Å². The van der Waals surface area contributed by atoms with E-state index in [0.29, 0.717) is 0 Å². The van der Waals surface area contributed by atoms with Crippen LogP contribution in [0, 0.1) is 0 Å². The lowest BCUT2D eigenvalue weighted by Crippen LogP contribution is -1.87. The first kappa shape index (κ1) is 7.68. The monoisotopic (exact) mass is 224 g/mol. The van der Waals surface area contributed by atoms with Crippen LogP contribution < -0.4 is 5.73 Å². The van der Waals surface area contributed by atoms with Crippen molar-refractivity contribution in [1.29, 1.82) is 0 Å². The molecule has 0 unspecified atom stereocenters. The zero-order valence-corrected chi connectivity index (χ0v) is 8.30. The molecule has 62 valence electrons. The Morgan fingerprint density at radius 2 is 2.08 bits per heavy atom. The van der Waals surface area contributed by atoms with Crippen LogP contribution in [0.4, 0.5) is 5.69 Å². The van der Waals surface area contributed by atoms with Crippen LogP contribution in [-0.2, 0) is 7.05 Å². The molecule has 0 amide bonds. The van der Waals surface area contributed by atoms with Crippen LogP contribution in [0.15, 0.2) is 28.9 Å². The van der Waals surface area contributed by atoms with Gasteiger partial charge in [0.2, 0.25) is 0 Å². The van der Waals surface area contributed by atoms with Crippen LogP contribution in [0.5, 0.6) is 0 Å². The Kier molecular flexibility index (Phi) is 1.61. The molecule has 0 radical (unpaired) electrons. The summed E-state index contributed by atoms with van der Waals surface area (Å²) in [7, 11) is 2.02. The topological polar surface area (TPSA) is 30.9 Å². The Hall–Kier alpha value is -0.960. The first-order valence-corrected chi connectivity index (χ1v) is 4.48. The summed E-state index contributed by atoms with van der Waals surface area (Å²) in [6.07, 6.45) is 0. The highest BCUT2D eigenvalue weighted by Crippen LogP contribution is 2.24. The summed E-state index contributed by atoms with van der Waals surface area (Å²) in [5.41, 5.74) is 7.66. The molecule has 0 spiro atoms. The van der Waals surface area contributed by atoms with E-state index < -0.39 is 0 Å². The molecule has 1 aromatic carbocycles. The number of anilines is 1. The molecule has 12 heavy (non-hydrogen) atoms. The van der Waals surface area contributed by atoms with Gasteiger partial charge in [-0.15, -0.1) is 0 Å². The van der Waals surface area contributed by atoms with Gasteiger partial charge in [-0.2, -0.15) is 0 Å². The van der Waals surface area contributed by atoms with Crippen molar-refractivity contribution in [2.24, 2.45) is 7.05 Å². The highest BCUT2D eigenvalue weighted by atomic mass is 79.9. The van der Waals surface area contributed by atoms with Crippen LogP contribution in [0.2, 0.25) is 0 Å². The Balaban J connectivity index is 2.87. The molecule has 0 saturated heterocycles. The Morgan fingerprint density at radius 3 is 2.83 bits per heavy atom. The second-order valence-electron chi connectivity index (χ2n) is 2.84. The number of fused-ring (bicyclic) bond motifs is 1. The third-order valence-electron chi connectivity index (χ3n) is 2.01. The maximum atomic E-state index is 5.66. The van der Waals surface area contributed by atoms with Gasteiger partial charge in [0.05, 0.1) is 4.60 Å². The summed E-state index contributed by atoms with van der Waals surface area (Å²) < 4.78 is 3.15.